The van der Waals surface area contributed by atoms with Gasteiger partial charge in [0.1, 0.15) is 16.4 Å². The number of carbonyl (C=O) groups excluding carboxylic acids is 1. The van der Waals surface area contributed by atoms with E-state index in [9.17, 15) is 9.59 Å². The molecule has 4 aromatic rings. The molecule has 4 rings (SSSR count). The Morgan fingerprint density at radius 2 is 2.04 bits per heavy atom. The van der Waals surface area contributed by atoms with E-state index >= 15 is 0 Å². The zero-order valence-electron chi connectivity index (χ0n) is 15.0. The standard InChI is InChI=1S/C19H15ClN4O3S/c1-11-21-18-12(5-8-28-18)19(26)24(11)22-17(25)13-9-14(20)15(10-16(13)27-2)23-6-3-4-7-23/h3-10H,1-2H3,(H,22,25). The minimum absolute atomic E-state index is 0.208. The predicted molar refractivity (Wildman–Crippen MR) is 110 cm³/mol. The van der Waals surface area contributed by atoms with Gasteiger partial charge in [-0.15, -0.1) is 11.3 Å². The van der Waals surface area contributed by atoms with Crippen LogP contribution in [0, 0.1) is 6.92 Å². The zero-order valence-corrected chi connectivity index (χ0v) is 16.5. The molecular formula is C19H15ClN4O3S. The fourth-order valence-corrected chi connectivity index (χ4v) is 3.95. The van der Waals surface area contributed by atoms with Gasteiger partial charge in [0.2, 0.25) is 0 Å². The van der Waals surface area contributed by atoms with E-state index in [0.29, 0.717) is 32.5 Å². The van der Waals surface area contributed by atoms with Crippen LogP contribution in [-0.2, 0) is 0 Å². The summed E-state index contributed by atoms with van der Waals surface area (Å²) in [6.45, 7) is 1.65. The molecule has 9 heteroatoms. The van der Waals surface area contributed by atoms with Crippen molar-refractivity contribution in [3.63, 3.8) is 0 Å². The molecule has 1 amide bonds. The molecule has 0 radical (unpaired) electrons. The molecule has 0 saturated heterocycles. The monoisotopic (exact) mass is 414 g/mol. The largest absolute Gasteiger partial charge is 0.496 e. The fraction of sp³-hybridized carbons (Fsp3) is 0.105. The van der Waals surface area contributed by atoms with Gasteiger partial charge in [0.15, 0.2) is 0 Å². The van der Waals surface area contributed by atoms with Crippen LogP contribution < -0.4 is 15.7 Å². The van der Waals surface area contributed by atoms with Crippen LogP contribution >= 0.6 is 22.9 Å². The first-order chi connectivity index (χ1) is 13.5. The lowest BCUT2D eigenvalue weighted by Gasteiger charge is -2.15. The Morgan fingerprint density at radius 1 is 1.29 bits per heavy atom. The van der Waals surface area contributed by atoms with Crippen molar-refractivity contribution in [2.45, 2.75) is 6.92 Å². The summed E-state index contributed by atoms with van der Waals surface area (Å²) in [6, 6.07) is 8.61. The van der Waals surface area contributed by atoms with Gasteiger partial charge >= 0.3 is 0 Å². The van der Waals surface area contributed by atoms with Gasteiger partial charge in [-0.05, 0) is 36.6 Å². The number of ether oxygens (including phenoxy) is 1. The third kappa shape index (κ3) is 3.06. The van der Waals surface area contributed by atoms with E-state index in [4.69, 9.17) is 16.3 Å². The van der Waals surface area contributed by atoms with Crippen LogP contribution in [0.4, 0.5) is 0 Å². The number of hydrogen-bond acceptors (Lipinski definition) is 5. The number of methoxy groups -OCH3 is 1. The highest BCUT2D eigenvalue weighted by atomic mass is 35.5. The molecule has 28 heavy (non-hydrogen) atoms. The predicted octanol–water partition coefficient (Wildman–Crippen LogP) is 3.60. The van der Waals surface area contributed by atoms with Crippen molar-refractivity contribution >= 4 is 39.1 Å². The highest BCUT2D eigenvalue weighted by molar-refractivity contribution is 7.16. The molecule has 0 saturated carbocycles. The molecule has 3 aromatic heterocycles. The number of fused-ring (bicyclic) bond motifs is 1. The average molecular weight is 415 g/mol. The van der Waals surface area contributed by atoms with Crippen LogP contribution in [0.25, 0.3) is 15.9 Å². The van der Waals surface area contributed by atoms with E-state index < -0.39 is 5.91 Å². The van der Waals surface area contributed by atoms with Gasteiger partial charge in [-0.25, -0.2) is 9.66 Å². The molecule has 3 heterocycles. The van der Waals surface area contributed by atoms with Gasteiger partial charge in [0.05, 0.1) is 28.8 Å². The second-order valence-corrected chi connectivity index (χ2v) is 7.28. The normalized spacial score (nSPS) is 11.0. The number of nitrogens with one attached hydrogen (secondary N) is 1. The number of aryl methyl sites for hydroxylation is 1. The highest BCUT2D eigenvalue weighted by Gasteiger charge is 2.19. The van der Waals surface area contributed by atoms with E-state index in [1.807, 2.05) is 29.1 Å². The smallest absolute Gasteiger partial charge is 0.281 e. The molecule has 0 bridgehead atoms. The number of carbonyl (C=O) groups is 1. The molecule has 0 atom stereocenters. The highest BCUT2D eigenvalue weighted by Crippen LogP contribution is 2.30. The molecule has 0 unspecified atom stereocenters. The summed E-state index contributed by atoms with van der Waals surface area (Å²) in [5.74, 6) is 0.183. The molecule has 0 fully saturated rings. The van der Waals surface area contributed by atoms with Crippen LogP contribution in [-0.4, -0.2) is 27.2 Å². The molecule has 1 N–H and O–H groups in total. The SMILES string of the molecule is COc1cc(-n2cccc2)c(Cl)cc1C(=O)Nn1c(C)nc2sccc2c1=O. The lowest BCUT2D eigenvalue weighted by Crippen LogP contribution is -2.35. The summed E-state index contributed by atoms with van der Waals surface area (Å²) < 4.78 is 8.33. The first-order valence-corrected chi connectivity index (χ1v) is 9.54. The Morgan fingerprint density at radius 3 is 2.75 bits per heavy atom. The van der Waals surface area contributed by atoms with E-state index in [1.165, 1.54) is 24.5 Å². The zero-order chi connectivity index (χ0) is 19.8. The summed E-state index contributed by atoms with van der Waals surface area (Å²) in [4.78, 5) is 30.5. The number of halogens is 1. The number of thiophene rings is 1. The van der Waals surface area contributed by atoms with Gasteiger partial charge in [-0.2, -0.15) is 0 Å². The minimum atomic E-state index is -0.528. The molecule has 0 aliphatic rings. The molecule has 0 aliphatic heterocycles. The number of hydrogen-bond donors (Lipinski definition) is 1. The minimum Gasteiger partial charge on any atom is -0.496 e. The Bertz CT molecular complexity index is 1240. The van der Waals surface area contributed by atoms with Crippen LogP contribution in [0.2, 0.25) is 5.02 Å². The van der Waals surface area contributed by atoms with Gasteiger partial charge < -0.3 is 9.30 Å². The van der Waals surface area contributed by atoms with Gasteiger partial charge in [0, 0.05) is 18.5 Å². The lowest BCUT2D eigenvalue weighted by molar-refractivity contribution is 0.100. The van der Waals surface area contributed by atoms with Crippen molar-refractivity contribution in [3.8, 4) is 11.4 Å². The van der Waals surface area contributed by atoms with Crippen molar-refractivity contribution in [2.75, 3.05) is 12.5 Å². The van der Waals surface area contributed by atoms with Crippen molar-refractivity contribution in [1.29, 1.82) is 0 Å². The lowest BCUT2D eigenvalue weighted by atomic mass is 10.1. The summed E-state index contributed by atoms with van der Waals surface area (Å²) in [6.07, 6.45) is 3.68. The number of nitrogens with zero attached hydrogens (tertiary/aromatic N) is 3. The fourth-order valence-electron chi connectivity index (χ4n) is 2.89. The Kier molecular flexibility index (Phi) is 4.66. The molecular weight excluding hydrogens is 400 g/mol. The molecule has 0 spiro atoms. The van der Waals surface area contributed by atoms with Crippen molar-refractivity contribution in [3.05, 3.63) is 74.9 Å². The van der Waals surface area contributed by atoms with Crippen LogP contribution in [0.15, 0.2) is 52.9 Å². The molecule has 1 aromatic carbocycles. The maximum atomic E-state index is 12.9. The summed E-state index contributed by atoms with van der Waals surface area (Å²) in [7, 11) is 1.47. The summed E-state index contributed by atoms with van der Waals surface area (Å²) >= 11 is 7.76. The summed E-state index contributed by atoms with van der Waals surface area (Å²) in [5, 5.41) is 2.61. The van der Waals surface area contributed by atoms with Gasteiger partial charge in [0.25, 0.3) is 11.5 Å². The second kappa shape index (κ2) is 7.14. The van der Waals surface area contributed by atoms with Crippen LogP contribution in [0.3, 0.4) is 0 Å². The quantitative estimate of drug-likeness (QED) is 0.553. The Balaban J connectivity index is 1.75. The van der Waals surface area contributed by atoms with Crippen LogP contribution in [0.1, 0.15) is 16.2 Å². The second-order valence-electron chi connectivity index (χ2n) is 5.97. The number of rotatable bonds is 4. The summed E-state index contributed by atoms with van der Waals surface area (Å²) in [5.41, 5.74) is 3.14. The van der Waals surface area contributed by atoms with E-state index in [-0.39, 0.29) is 11.1 Å². The molecule has 7 nitrogen and oxygen atoms in total. The number of aromatic nitrogens is 3. The maximum Gasteiger partial charge on any atom is 0.281 e. The van der Waals surface area contributed by atoms with Crippen molar-refractivity contribution in [2.24, 2.45) is 0 Å². The average Bonchev–Trinajstić information content (AvgIpc) is 3.36. The van der Waals surface area contributed by atoms with Crippen LogP contribution in [0.5, 0.6) is 5.75 Å². The van der Waals surface area contributed by atoms with Gasteiger partial charge in [-0.3, -0.25) is 15.0 Å². The van der Waals surface area contributed by atoms with Gasteiger partial charge in [-0.1, -0.05) is 11.6 Å². The first kappa shape index (κ1) is 18.3. The number of benzene rings is 1. The van der Waals surface area contributed by atoms with Crippen molar-refractivity contribution < 1.29 is 9.53 Å². The Labute approximate surface area is 168 Å². The topological polar surface area (TPSA) is 78.2 Å². The third-order valence-electron chi connectivity index (χ3n) is 4.27. The maximum absolute atomic E-state index is 12.9. The van der Waals surface area contributed by atoms with Crippen molar-refractivity contribution in [1.82, 2.24) is 14.2 Å². The molecule has 142 valence electrons. The Hall–Kier alpha value is -3.10. The van der Waals surface area contributed by atoms with E-state index in [1.54, 1.807) is 24.4 Å². The van der Waals surface area contributed by atoms with E-state index in [2.05, 4.69) is 10.4 Å². The first-order valence-electron chi connectivity index (χ1n) is 8.28. The molecule has 0 aliphatic carbocycles. The third-order valence-corrected chi connectivity index (χ3v) is 5.38. The number of amides is 1. The van der Waals surface area contributed by atoms with E-state index in [0.717, 1.165) is 4.68 Å².